The van der Waals surface area contributed by atoms with E-state index in [2.05, 4.69) is 0 Å². The van der Waals surface area contributed by atoms with E-state index in [0.717, 1.165) is 0 Å². The van der Waals surface area contributed by atoms with Gasteiger partial charge in [-0.2, -0.15) is 0 Å². The Morgan fingerprint density at radius 1 is 0.822 bits per heavy atom. The third-order valence-corrected chi connectivity index (χ3v) is 9.71. The molecule has 0 aromatic heterocycles. The van der Waals surface area contributed by atoms with Gasteiger partial charge in [0.1, 0.15) is 11.5 Å². The van der Waals surface area contributed by atoms with Crippen molar-refractivity contribution in [2.24, 2.45) is 0 Å². The molecule has 234 valence electrons. The number of allylic oxidation sites excluding steroid dienone is 2. The van der Waals surface area contributed by atoms with Crippen molar-refractivity contribution >= 4 is 66.2 Å². The largest absolute Gasteiger partial charge is 0.504 e. The Morgan fingerprint density at radius 2 is 1.44 bits per heavy atom. The Hall–Kier alpha value is -4.48. The molecule has 1 aliphatic rings. The Balaban J connectivity index is 2.09. The molecule has 6 rings (SSSR count). The van der Waals surface area contributed by atoms with Gasteiger partial charge >= 0.3 is 0 Å². The molecule has 0 bridgehead atoms. The molecule has 10 nitrogen and oxygen atoms in total. The summed E-state index contributed by atoms with van der Waals surface area (Å²) in [6.07, 6.45) is 0.163. The van der Waals surface area contributed by atoms with Crippen molar-refractivity contribution in [3.8, 4) is 34.5 Å². The number of phenolic OH excluding ortho intramolecular Hbond substituents is 2. The van der Waals surface area contributed by atoms with Crippen LogP contribution in [0, 0.1) is 0 Å². The Kier molecular flexibility index (Phi) is 7.36. The number of carbonyl (C=O) groups is 1. The zero-order valence-corrected chi connectivity index (χ0v) is 27.1. The molecule has 0 spiro atoms. The average molecular weight is 632 g/mol. The van der Waals surface area contributed by atoms with Crippen LogP contribution in [0.3, 0.4) is 0 Å². The van der Waals surface area contributed by atoms with Gasteiger partial charge in [-0.15, -0.1) is 11.8 Å². The van der Waals surface area contributed by atoms with E-state index in [1.165, 1.54) is 53.2 Å². The molecule has 0 heterocycles. The lowest BCUT2D eigenvalue weighted by Crippen LogP contribution is -2.16. The first kappa shape index (κ1) is 30.5. The summed E-state index contributed by atoms with van der Waals surface area (Å²) in [5, 5.41) is 25.9. The molecule has 0 fully saturated rings. The normalized spacial score (nSPS) is 13.2. The van der Waals surface area contributed by atoms with E-state index in [0.29, 0.717) is 61.3 Å². The van der Waals surface area contributed by atoms with Gasteiger partial charge in [-0.1, -0.05) is 5.57 Å². The minimum absolute atomic E-state index is 0.0164. The monoisotopic (exact) mass is 631 g/mol. The number of benzene rings is 5. The van der Waals surface area contributed by atoms with Crippen LogP contribution in [0.15, 0.2) is 26.1 Å². The van der Waals surface area contributed by atoms with E-state index < -0.39 is 16.6 Å². The smallest absolute Gasteiger partial charge is 0.207 e. The summed E-state index contributed by atoms with van der Waals surface area (Å²) in [4.78, 5) is 43.9. The first-order chi connectivity index (χ1) is 21.4. The van der Waals surface area contributed by atoms with Crippen molar-refractivity contribution in [2.45, 2.75) is 25.2 Å². The van der Waals surface area contributed by atoms with Gasteiger partial charge in [0.15, 0.2) is 34.2 Å². The molecule has 1 aliphatic carbocycles. The number of hydrogen-bond donors (Lipinski definition) is 2. The van der Waals surface area contributed by atoms with Gasteiger partial charge in [-0.25, -0.2) is 0 Å². The minimum Gasteiger partial charge on any atom is -0.504 e. The van der Waals surface area contributed by atoms with E-state index in [-0.39, 0.29) is 62.2 Å². The summed E-state index contributed by atoms with van der Waals surface area (Å²) in [6.45, 7) is 3.87. The number of Topliss-reactive ketones (excluding diaryl/α,β-unsaturated/α-hetero) is 1. The van der Waals surface area contributed by atoms with Crippen LogP contribution in [-0.4, -0.2) is 75.7 Å². The van der Waals surface area contributed by atoms with E-state index in [4.69, 9.17) is 18.9 Å². The molecule has 5 aromatic carbocycles. The lowest BCUT2D eigenvalue weighted by atomic mass is 9.82. The minimum atomic E-state index is -0.523. The summed E-state index contributed by atoms with van der Waals surface area (Å²) in [7, 11) is 9.52. The summed E-state index contributed by atoms with van der Waals surface area (Å²) in [5.41, 5.74) is 0.751. The molecule has 11 heteroatoms. The highest BCUT2D eigenvalue weighted by Crippen LogP contribution is 2.58. The van der Waals surface area contributed by atoms with Crippen molar-refractivity contribution in [3.05, 3.63) is 43.2 Å². The molecule has 0 radical (unpaired) electrons. The molecule has 0 amide bonds. The van der Waals surface area contributed by atoms with Gasteiger partial charge < -0.3 is 34.1 Å². The number of ketones is 1. The number of ether oxygens (including phenoxy) is 4. The van der Waals surface area contributed by atoms with E-state index in [1.54, 1.807) is 6.92 Å². The van der Waals surface area contributed by atoms with Crippen LogP contribution in [0.25, 0.3) is 48.7 Å². The average Bonchev–Trinajstić information content (AvgIpc) is 3.11. The Labute approximate surface area is 262 Å². The van der Waals surface area contributed by atoms with Crippen LogP contribution >= 0.6 is 11.8 Å². The first-order valence-electron chi connectivity index (χ1n) is 14.2. The van der Waals surface area contributed by atoms with Crippen molar-refractivity contribution < 1.29 is 34.0 Å². The molecule has 45 heavy (non-hydrogen) atoms. The van der Waals surface area contributed by atoms with Crippen LogP contribution in [0.4, 0.5) is 0 Å². The summed E-state index contributed by atoms with van der Waals surface area (Å²) >= 11 is 1.29. The van der Waals surface area contributed by atoms with Gasteiger partial charge in [0.2, 0.25) is 5.43 Å². The highest BCUT2D eigenvalue weighted by Gasteiger charge is 2.37. The molecule has 0 saturated heterocycles. The summed E-state index contributed by atoms with van der Waals surface area (Å²) < 4.78 is 23.4. The molecular weight excluding hydrogens is 598 g/mol. The highest BCUT2D eigenvalue weighted by molar-refractivity contribution is 7.99. The zero-order valence-electron chi connectivity index (χ0n) is 26.3. The van der Waals surface area contributed by atoms with Gasteiger partial charge in [-0.3, -0.25) is 14.4 Å². The van der Waals surface area contributed by atoms with Crippen molar-refractivity contribution in [1.29, 1.82) is 0 Å². The number of aromatic hydroxyl groups is 2. The lowest BCUT2D eigenvalue weighted by molar-refractivity contribution is -0.111. The fraction of sp³-hybridized carbons (Fsp3) is 0.324. The quantitative estimate of drug-likeness (QED) is 0.131. The van der Waals surface area contributed by atoms with Crippen LogP contribution in [0.1, 0.15) is 25.0 Å². The maximum Gasteiger partial charge on any atom is 0.207 e. The molecule has 0 saturated carbocycles. The number of phenols is 2. The second-order valence-electron chi connectivity index (χ2n) is 11.4. The number of nitrogens with zero attached hydrogens (tertiary/aromatic N) is 1. The van der Waals surface area contributed by atoms with E-state index in [9.17, 15) is 24.6 Å². The summed E-state index contributed by atoms with van der Waals surface area (Å²) in [5.74, 6) is -0.0256. The Bertz CT molecular complexity index is 2240. The number of carbonyl (C=O) groups excluding carboxylic acids is 1. The maximum absolute atomic E-state index is 14.5. The van der Waals surface area contributed by atoms with E-state index in [1.807, 2.05) is 19.0 Å². The SMILES string of the molecule is COc1c(O)c2c(=O)cc(OC)c3c4c(OC)c(SCCN(C)C)c(=O)c5c(O)c(OC)c6c(c(c1C(C(C)=O)=C(C)C6)c23)c54. The van der Waals surface area contributed by atoms with Gasteiger partial charge in [-0.05, 0) is 39.7 Å². The number of methoxy groups -OCH3 is 4. The third kappa shape index (κ3) is 4.03. The predicted octanol–water partition coefficient (Wildman–Crippen LogP) is 4.91. The third-order valence-electron chi connectivity index (χ3n) is 8.67. The summed E-state index contributed by atoms with van der Waals surface area (Å²) in [6, 6.07) is 1.28. The van der Waals surface area contributed by atoms with Crippen LogP contribution in [0.2, 0.25) is 0 Å². The molecule has 0 atom stereocenters. The second-order valence-corrected chi connectivity index (χ2v) is 12.5. The number of thioether (sulfide) groups is 1. The van der Waals surface area contributed by atoms with Crippen molar-refractivity contribution in [1.82, 2.24) is 4.90 Å². The molecule has 5 aromatic rings. The standard InChI is InChI=1S/C34H33NO9S/c1-13-11-15-19-22-24-20(28(38)32(43-7)25(22)18(13)14(2)36)16(37)12-17(41-5)21(24)26-23(19)27(29(39)31(15)42-6)30(40)34(33(26)44-8)45-10-9-35(3)4/h12,38-39H,9-11H2,1-8H3. The highest BCUT2D eigenvalue weighted by atomic mass is 32.2. The molecule has 0 aliphatic heterocycles. The Morgan fingerprint density at radius 3 is 2.02 bits per heavy atom. The van der Waals surface area contributed by atoms with Crippen LogP contribution in [-0.2, 0) is 11.2 Å². The molecule has 2 N–H and O–H groups in total. The second kappa shape index (κ2) is 10.8. The maximum atomic E-state index is 14.5. The topological polar surface area (TPSA) is 132 Å². The van der Waals surface area contributed by atoms with Gasteiger partial charge in [0, 0.05) is 62.0 Å². The van der Waals surface area contributed by atoms with Gasteiger partial charge in [0.25, 0.3) is 0 Å². The number of fused-ring (bicyclic) bond motifs is 1. The fourth-order valence-corrected chi connectivity index (χ4v) is 8.18. The number of hydrogen-bond acceptors (Lipinski definition) is 11. The van der Waals surface area contributed by atoms with Crippen molar-refractivity contribution in [2.75, 3.05) is 54.8 Å². The zero-order chi connectivity index (χ0) is 32.6. The molecular formula is C34H33NO9S. The van der Waals surface area contributed by atoms with Crippen LogP contribution in [0.5, 0.6) is 34.5 Å². The van der Waals surface area contributed by atoms with Crippen LogP contribution < -0.4 is 29.8 Å². The molecule has 0 unspecified atom stereocenters. The van der Waals surface area contributed by atoms with E-state index >= 15 is 0 Å². The van der Waals surface area contributed by atoms with Crippen molar-refractivity contribution in [3.63, 3.8) is 0 Å². The predicted molar refractivity (Wildman–Crippen MR) is 177 cm³/mol. The lowest BCUT2D eigenvalue weighted by Gasteiger charge is -2.25. The van der Waals surface area contributed by atoms with Gasteiger partial charge in [0.05, 0.1) is 44.1 Å². The first-order valence-corrected chi connectivity index (χ1v) is 15.2. The number of rotatable bonds is 9. The fourth-order valence-electron chi connectivity index (χ4n) is 6.97.